The highest BCUT2D eigenvalue weighted by molar-refractivity contribution is 9.10. The average molecular weight is 244 g/mol. The van der Waals surface area contributed by atoms with Crippen LogP contribution in [0.25, 0.3) is 0 Å². The minimum atomic E-state index is -0.491. The van der Waals surface area contributed by atoms with E-state index in [1.807, 2.05) is 0 Å². The molecule has 0 N–H and O–H groups in total. The Hall–Kier alpha value is -0.990. The van der Waals surface area contributed by atoms with Crippen molar-refractivity contribution in [2.75, 3.05) is 0 Å². The lowest BCUT2D eigenvalue weighted by molar-refractivity contribution is 0.555. The lowest BCUT2D eigenvalue weighted by Gasteiger charge is -2.05. The molecule has 0 saturated heterocycles. The van der Waals surface area contributed by atoms with Crippen LogP contribution in [0, 0.1) is 5.82 Å². The van der Waals surface area contributed by atoms with E-state index in [9.17, 15) is 9.18 Å². The van der Waals surface area contributed by atoms with Crippen molar-refractivity contribution in [1.29, 1.82) is 0 Å². The second kappa shape index (κ2) is 4.30. The number of hydrogen-bond acceptors (Lipinski definition) is 2. The van der Waals surface area contributed by atoms with E-state index in [-0.39, 0.29) is 5.82 Å². The number of aliphatic imine (C=N–C) groups is 1. The van der Waals surface area contributed by atoms with Gasteiger partial charge in [0.25, 0.3) is 0 Å². The van der Waals surface area contributed by atoms with Gasteiger partial charge in [0.05, 0.1) is 6.04 Å². The van der Waals surface area contributed by atoms with Gasteiger partial charge in [0.2, 0.25) is 6.08 Å². The Balaban J connectivity index is 3.12. The molecule has 0 spiro atoms. The zero-order valence-corrected chi connectivity index (χ0v) is 8.51. The summed E-state index contributed by atoms with van der Waals surface area (Å²) in [5.74, 6) is -0.366. The summed E-state index contributed by atoms with van der Waals surface area (Å²) in [7, 11) is 0. The highest BCUT2D eigenvalue weighted by Crippen LogP contribution is 2.23. The van der Waals surface area contributed by atoms with E-state index in [0.717, 1.165) is 4.47 Å². The summed E-state index contributed by atoms with van der Waals surface area (Å²) >= 11 is 3.21. The van der Waals surface area contributed by atoms with Gasteiger partial charge in [-0.2, -0.15) is 4.99 Å². The minimum absolute atomic E-state index is 0.366. The molecule has 2 nitrogen and oxygen atoms in total. The molecule has 0 aliphatic rings. The van der Waals surface area contributed by atoms with Crippen LogP contribution in [-0.2, 0) is 4.79 Å². The van der Waals surface area contributed by atoms with Gasteiger partial charge in [-0.25, -0.2) is 9.18 Å². The fraction of sp³-hybridized carbons (Fsp3) is 0.222. The normalized spacial score (nSPS) is 11.9. The van der Waals surface area contributed by atoms with E-state index >= 15 is 0 Å². The van der Waals surface area contributed by atoms with Crippen LogP contribution < -0.4 is 0 Å². The maximum absolute atomic E-state index is 13.1. The summed E-state index contributed by atoms with van der Waals surface area (Å²) in [6.45, 7) is 1.63. The summed E-state index contributed by atoms with van der Waals surface area (Å²) in [4.78, 5) is 13.4. The third-order valence-corrected chi connectivity index (χ3v) is 2.15. The molecule has 0 aliphatic heterocycles. The molecule has 0 aliphatic carbocycles. The molecule has 0 saturated carbocycles. The fourth-order valence-electron chi connectivity index (χ4n) is 0.983. The number of benzene rings is 1. The van der Waals surface area contributed by atoms with Crippen molar-refractivity contribution < 1.29 is 9.18 Å². The van der Waals surface area contributed by atoms with E-state index < -0.39 is 6.04 Å². The van der Waals surface area contributed by atoms with Crippen LogP contribution in [-0.4, -0.2) is 6.08 Å². The largest absolute Gasteiger partial charge is 0.235 e. The molecule has 0 aromatic heterocycles. The molecule has 0 amide bonds. The van der Waals surface area contributed by atoms with Gasteiger partial charge >= 0.3 is 0 Å². The van der Waals surface area contributed by atoms with Crippen LogP contribution in [0.2, 0.25) is 0 Å². The lowest BCUT2D eigenvalue weighted by atomic mass is 10.1. The third kappa shape index (κ3) is 2.47. The topological polar surface area (TPSA) is 29.4 Å². The van der Waals surface area contributed by atoms with E-state index in [1.165, 1.54) is 12.1 Å². The Morgan fingerprint density at radius 2 is 2.31 bits per heavy atom. The van der Waals surface area contributed by atoms with Crippen LogP contribution in [0.15, 0.2) is 27.7 Å². The zero-order valence-electron chi connectivity index (χ0n) is 6.92. The molecule has 4 heteroatoms. The molecule has 1 rings (SSSR count). The van der Waals surface area contributed by atoms with Crippen molar-refractivity contribution in [3.8, 4) is 0 Å². The fourth-order valence-corrected chi connectivity index (χ4v) is 1.36. The molecule has 13 heavy (non-hydrogen) atoms. The maximum atomic E-state index is 13.1. The molecule has 68 valence electrons. The van der Waals surface area contributed by atoms with Crippen LogP contribution >= 0.6 is 15.9 Å². The van der Waals surface area contributed by atoms with Crippen molar-refractivity contribution in [3.05, 3.63) is 34.1 Å². The van der Waals surface area contributed by atoms with Crippen LogP contribution in [0.1, 0.15) is 18.5 Å². The van der Waals surface area contributed by atoms with Gasteiger partial charge < -0.3 is 0 Å². The highest BCUT2D eigenvalue weighted by Gasteiger charge is 2.09. The number of rotatable bonds is 2. The number of carbonyl (C=O) groups excluding carboxylic acids is 1. The highest BCUT2D eigenvalue weighted by atomic mass is 79.9. The van der Waals surface area contributed by atoms with Gasteiger partial charge in [-0.15, -0.1) is 0 Å². The molecule has 1 unspecified atom stereocenters. The van der Waals surface area contributed by atoms with E-state index in [4.69, 9.17) is 0 Å². The number of isocyanates is 1. The first-order valence-corrected chi connectivity index (χ1v) is 4.46. The quantitative estimate of drug-likeness (QED) is 0.580. The Bertz CT molecular complexity index is 361. The van der Waals surface area contributed by atoms with Gasteiger partial charge in [0.1, 0.15) is 5.82 Å². The van der Waals surface area contributed by atoms with Crippen molar-refractivity contribution in [1.82, 2.24) is 0 Å². The Morgan fingerprint density at radius 1 is 1.62 bits per heavy atom. The first kappa shape index (κ1) is 10.1. The zero-order chi connectivity index (χ0) is 9.84. The summed E-state index contributed by atoms with van der Waals surface area (Å²) in [6.07, 6.45) is 1.41. The molecule has 1 aromatic rings. The predicted molar refractivity (Wildman–Crippen MR) is 50.6 cm³/mol. The molecule has 1 aromatic carbocycles. The van der Waals surface area contributed by atoms with Crippen LogP contribution in [0.5, 0.6) is 0 Å². The first-order chi connectivity index (χ1) is 6.15. The van der Waals surface area contributed by atoms with Gasteiger partial charge in [0.15, 0.2) is 0 Å². The van der Waals surface area contributed by atoms with E-state index in [1.54, 1.807) is 19.1 Å². The Morgan fingerprint density at radius 3 is 2.92 bits per heavy atom. The lowest BCUT2D eigenvalue weighted by Crippen LogP contribution is -1.93. The smallest absolute Gasteiger partial charge is 0.211 e. The molecule has 0 bridgehead atoms. The van der Waals surface area contributed by atoms with Crippen LogP contribution in [0.4, 0.5) is 4.39 Å². The predicted octanol–water partition coefficient (Wildman–Crippen LogP) is 2.99. The molecule has 0 radical (unpaired) electrons. The standard InChI is InChI=1S/C9H7BrFNO/c1-6(12-5-13)8-4-7(10)2-3-9(8)11/h2-4,6H,1H3. The molecule has 0 heterocycles. The van der Waals surface area contributed by atoms with Crippen LogP contribution in [0.3, 0.4) is 0 Å². The van der Waals surface area contributed by atoms with Crippen molar-refractivity contribution in [2.24, 2.45) is 4.99 Å². The second-order valence-electron chi connectivity index (χ2n) is 2.56. The van der Waals surface area contributed by atoms with Gasteiger partial charge in [0, 0.05) is 10.0 Å². The third-order valence-electron chi connectivity index (χ3n) is 1.65. The Labute approximate surface area is 83.6 Å². The summed E-state index contributed by atoms with van der Waals surface area (Å²) in [6, 6.07) is 4.03. The molecule has 0 fully saturated rings. The molecular weight excluding hydrogens is 237 g/mol. The first-order valence-electron chi connectivity index (χ1n) is 3.67. The monoisotopic (exact) mass is 243 g/mol. The van der Waals surface area contributed by atoms with E-state index in [0.29, 0.717) is 5.56 Å². The van der Waals surface area contributed by atoms with Gasteiger partial charge in [-0.1, -0.05) is 15.9 Å². The summed E-state index contributed by atoms with van der Waals surface area (Å²) < 4.78 is 13.9. The average Bonchev–Trinajstić information content (AvgIpc) is 2.09. The minimum Gasteiger partial charge on any atom is -0.211 e. The molecule has 1 atom stereocenters. The Kier molecular flexibility index (Phi) is 3.34. The molecular formula is C9H7BrFNO. The van der Waals surface area contributed by atoms with Gasteiger partial charge in [-0.05, 0) is 25.1 Å². The number of hydrogen-bond donors (Lipinski definition) is 0. The summed E-state index contributed by atoms with van der Waals surface area (Å²) in [5.41, 5.74) is 0.387. The van der Waals surface area contributed by atoms with E-state index in [2.05, 4.69) is 20.9 Å². The SMILES string of the molecule is CC(N=C=O)c1cc(Br)ccc1F. The van der Waals surface area contributed by atoms with Crippen molar-refractivity contribution in [2.45, 2.75) is 13.0 Å². The van der Waals surface area contributed by atoms with Crippen molar-refractivity contribution >= 4 is 22.0 Å². The summed E-state index contributed by atoms with van der Waals surface area (Å²) in [5, 5.41) is 0. The maximum Gasteiger partial charge on any atom is 0.235 e. The number of halogens is 2. The second-order valence-corrected chi connectivity index (χ2v) is 3.48. The van der Waals surface area contributed by atoms with Gasteiger partial charge in [-0.3, -0.25) is 0 Å². The van der Waals surface area contributed by atoms with Crippen molar-refractivity contribution in [3.63, 3.8) is 0 Å². The number of nitrogens with zero attached hydrogens (tertiary/aromatic N) is 1.